The lowest BCUT2D eigenvalue weighted by atomic mass is 10.1. The predicted octanol–water partition coefficient (Wildman–Crippen LogP) is 4.36. The van der Waals surface area contributed by atoms with Crippen molar-refractivity contribution in [2.24, 2.45) is 0 Å². The molecule has 2 aromatic carbocycles. The van der Waals surface area contributed by atoms with Crippen molar-refractivity contribution in [1.29, 1.82) is 5.26 Å². The molecule has 124 valence electrons. The van der Waals surface area contributed by atoms with E-state index in [9.17, 15) is 4.79 Å². The van der Waals surface area contributed by atoms with E-state index in [1.54, 1.807) is 24.3 Å². The number of nitriles is 1. The molecule has 0 unspecified atom stereocenters. The summed E-state index contributed by atoms with van der Waals surface area (Å²) in [6.07, 6.45) is 0. The summed E-state index contributed by atoms with van der Waals surface area (Å²) in [6.45, 7) is 8.07. The van der Waals surface area contributed by atoms with E-state index < -0.39 is 0 Å². The van der Waals surface area contributed by atoms with Gasteiger partial charge in [0.1, 0.15) is 6.07 Å². The number of hydrogen-bond acceptors (Lipinski definition) is 3. The minimum atomic E-state index is -0.364. The van der Waals surface area contributed by atoms with E-state index in [1.165, 1.54) is 0 Å². The van der Waals surface area contributed by atoms with Gasteiger partial charge in [-0.25, -0.2) is 4.79 Å². The highest BCUT2D eigenvalue weighted by Crippen LogP contribution is 2.23. The van der Waals surface area contributed by atoms with E-state index in [0.717, 1.165) is 30.0 Å². The van der Waals surface area contributed by atoms with Crippen LogP contribution in [0.1, 0.15) is 25.0 Å². The summed E-state index contributed by atoms with van der Waals surface area (Å²) in [6, 6.07) is 14.6. The van der Waals surface area contributed by atoms with Gasteiger partial charge in [-0.3, -0.25) is 0 Å². The van der Waals surface area contributed by atoms with Crippen LogP contribution in [0.25, 0.3) is 0 Å². The largest absolute Gasteiger partial charge is 0.372 e. The van der Waals surface area contributed by atoms with Crippen LogP contribution in [-0.4, -0.2) is 19.1 Å². The lowest BCUT2D eigenvalue weighted by Gasteiger charge is -2.22. The zero-order valence-corrected chi connectivity index (χ0v) is 14.3. The maximum atomic E-state index is 12.2. The van der Waals surface area contributed by atoms with E-state index in [1.807, 2.05) is 19.1 Å². The first-order valence-corrected chi connectivity index (χ1v) is 8.01. The highest BCUT2D eigenvalue weighted by molar-refractivity contribution is 6.01. The highest BCUT2D eigenvalue weighted by atomic mass is 16.2. The number of hydrogen-bond donors (Lipinski definition) is 2. The Morgan fingerprint density at radius 3 is 2.38 bits per heavy atom. The quantitative estimate of drug-likeness (QED) is 0.859. The molecular formula is C19H22N4O. The molecule has 0 aliphatic carbocycles. The minimum absolute atomic E-state index is 0.364. The number of benzene rings is 2. The van der Waals surface area contributed by atoms with E-state index in [4.69, 9.17) is 5.26 Å². The highest BCUT2D eigenvalue weighted by Gasteiger charge is 2.09. The van der Waals surface area contributed by atoms with Gasteiger partial charge in [-0.05, 0) is 56.7 Å². The van der Waals surface area contributed by atoms with Crippen molar-refractivity contribution in [3.63, 3.8) is 0 Å². The molecule has 0 aliphatic rings. The van der Waals surface area contributed by atoms with E-state index in [0.29, 0.717) is 11.3 Å². The van der Waals surface area contributed by atoms with Gasteiger partial charge in [0, 0.05) is 24.5 Å². The van der Waals surface area contributed by atoms with Crippen molar-refractivity contribution in [1.82, 2.24) is 0 Å². The fraction of sp³-hybridized carbons (Fsp3) is 0.263. The normalized spacial score (nSPS) is 9.92. The number of anilines is 3. The standard InChI is InChI=1S/C19H22N4O/c1-4-23(5-2)16-10-11-17(14(3)12-16)21-19(24)22-18-9-7-6-8-15(18)13-20/h6-12H,4-5H2,1-3H3,(H2,21,22,24). The lowest BCUT2D eigenvalue weighted by molar-refractivity contribution is 0.262. The zero-order chi connectivity index (χ0) is 17.5. The van der Waals surface area contributed by atoms with Crippen LogP contribution in [0.15, 0.2) is 42.5 Å². The Hall–Kier alpha value is -3.00. The molecule has 0 heterocycles. The molecule has 2 aromatic rings. The first-order chi connectivity index (χ1) is 11.6. The van der Waals surface area contributed by atoms with Gasteiger partial charge in [0.25, 0.3) is 0 Å². The summed E-state index contributed by atoms with van der Waals surface area (Å²) in [7, 11) is 0. The summed E-state index contributed by atoms with van der Waals surface area (Å²) in [5.74, 6) is 0. The molecular weight excluding hydrogens is 300 g/mol. The molecule has 0 fully saturated rings. The second-order valence-corrected chi connectivity index (χ2v) is 5.41. The molecule has 2 N–H and O–H groups in total. The Balaban J connectivity index is 2.11. The SMILES string of the molecule is CCN(CC)c1ccc(NC(=O)Nc2ccccc2C#N)c(C)c1. The van der Waals surface area contributed by atoms with Gasteiger partial charge in [0.05, 0.1) is 11.3 Å². The molecule has 0 saturated heterocycles. The third-order valence-electron chi connectivity index (χ3n) is 3.88. The molecule has 0 aromatic heterocycles. The van der Waals surface area contributed by atoms with Crippen molar-refractivity contribution in [3.8, 4) is 6.07 Å². The number of para-hydroxylation sites is 1. The van der Waals surface area contributed by atoms with Gasteiger partial charge >= 0.3 is 6.03 Å². The Morgan fingerprint density at radius 1 is 1.08 bits per heavy atom. The van der Waals surface area contributed by atoms with E-state index in [-0.39, 0.29) is 6.03 Å². The van der Waals surface area contributed by atoms with E-state index >= 15 is 0 Å². The Kier molecular flexibility index (Phi) is 5.80. The van der Waals surface area contributed by atoms with Gasteiger partial charge in [0.2, 0.25) is 0 Å². The molecule has 0 spiro atoms. The molecule has 0 saturated carbocycles. The average molecular weight is 322 g/mol. The molecule has 5 heteroatoms. The first-order valence-electron chi connectivity index (χ1n) is 8.01. The van der Waals surface area contributed by atoms with Crippen LogP contribution in [0.4, 0.5) is 21.9 Å². The zero-order valence-electron chi connectivity index (χ0n) is 14.3. The fourth-order valence-corrected chi connectivity index (χ4v) is 2.54. The van der Waals surface area contributed by atoms with Crippen molar-refractivity contribution in [2.45, 2.75) is 20.8 Å². The number of rotatable bonds is 5. The summed E-state index contributed by atoms with van der Waals surface area (Å²) in [4.78, 5) is 14.4. The smallest absolute Gasteiger partial charge is 0.323 e. The van der Waals surface area contributed by atoms with Crippen LogP contribution >= 0.6 is 0 Å². The van der Waals surface area contributed by atoms with Crippen LogP contribution in [0, 0.1) is 18.3 Å². The second-order valence-electron chi connectivity index (χ2n) is 5.41. The molecule has 2 rings (SSSR count). The predicted molar refractivity (Wildman–Crippen MR) is 98.5 cm³/mol. The maximum Gasteiger partial charge on any atom is 0.323 e. The molecule has 24 heavy (non-hydrogen) atoms. The number of amides is 2. The van der Waals surface area contributed by atoms with E-state index in [2.05, 4.69) is 41.5 Å². The molecule has 0 aliphatic heterocycles. The monoisotopic (exact) mass is 322 g/mol. The first kappa shape index (κ1) is 17.4. The van der Waals surface area contributed by atoms with Crippen molar-refractivity contribution in [2.75, 3.05) is 28.6 Å². The number of nitrogens with one attached hydrogen (secondary N) is 2. The van der Waals surface area contributed by atoms with Gasteiger partial charge < -0.3 is 15.5 Å². The number of nitrogens with zero attached hydrogens (tertiary/aromatic N) is 2. The van der Waals surface area contributed by atoms with Gasteiger partial charge in [-0.1, -0.05) is 12.1 Å². The van der Waals surface area contributed by atoms with Crippen LogP contribution in [0.3, 0.4) is 0 Å². The summed E-state index contributed by atoms with van der Waals surface area (Å²) in [5.41, 5.74) is 3.80. The number of aryl methyl sites for hydroxylation is 1. The van der Waals surface area contributed by atoms with Gasteiger partial charge in [-0.2, -0.15) is 5.26 Å². The second kappa shape index (κ2) is 8.02. The topological polar surface area (TPSA) is 68.2 Å². The molecule has 0 bridgehead atoms. The number of carbonyl (C=O) groups excluding carboxylic acids is 1. The van der Waals surface area contributed by atoms with Gasteiger partial charge in [0.15, 0.2) is 0 Å². The molecule has 0 radical (unpaired) electrons. The van der Waals surface area contributed by atoms with Gasteiger partial charge in [-0.15, -0.1) is 0 Å². The van der Waals surface area contributed by atoms with Crippen molar-refractivity contribution < 1.29 is 4.79 Å². The third kappa shape index (κ3) is 4.05. The number of urea groups is 1. The maximum absolute atomic E-state index is 12.2. The fourth-order valence-electron chi connectivity index (χ4n) is 2.54. The van der Waals surface area contributed by atoms with Crippen LogP contribution in [0.5, 0.6) is 0 Å². The van der Waals surface area contributed by atoms with Crippen molar-refractivity contribution in [3.05, 3.63) is 53.6 Å². The van der Waals surface area contributed by atoms with Crippen LogP contribution in [-0.2, 0) is 0 Å². The molecule has 0 atom stereocenters. The van der Waals surface area contributed by atoms with Crippen LogP contribution in [0.2, 0.25) is 0 Å². The molecule has 5 nitrogen and oxygen atoms in total. The van der Waals surface area contributed by atoms with Crippen molar-refractivity contribution >= 4 is 23.1 Å². The Labute approximate surface area is 142 Å². The summed E-state index contributed by atoms with van der Waals surface area (Å²) in [5, 5.41) is 14.6. The average Bonchev–Trinajstić information content (AvgIpc) is 2.59. The summed E-state index contributed by atoms with van der Waals surface area (Å²) < 4.78 is 0. The Morgan fingerprint density at radius 2 is 1.75 bits per heavy atom. The Bertz CT molecular complexity index is 760. The lowest BCUT2D eigenvalue weighted by Crippen LogP contribution is -2.23. The summed E-state index contributed by atoms with van der Waals surface area (Å²) >= 11 is 0. The molecule has 2 amide bonds. The number of carbonyl (C=O) groups is 1. The third-order valence-corrected chi connectivity index (χ3v) is 3.88. The van der Waals surface area contributed by atoms with Crippen LogP contribution < -0.4 is 15.5 Å². The minimum Gasteiger partial charge on any atom is -0.372 e.